The maximum atomic E-state index is 10.5. The number of fused-ring (bicyclic) bond motifs is 1. The molecule has 2 aromatic rings. The molecule has 0 bridgehead atoms. The first kappa shape index (κ1) is 9.21. The van der Waals surface area contributed by atoms with E-state index in [9.17, 15) is 4.79 Å². The Morgan fingerprint density at radius 3 is 2.85 bits per heavy atom. The Bertz CT molecular complexity index is 439. The van der Waals surface area contributed by atoms with Crippen LogP contribution in [-0.2, 0) is 0 Å². The van der Waals surface area contributed by atoms with Crippen LogP contribution in [0.15, 0.2) is 22.7 Å². The van der Waals surface area contributed by atoms with Gasteiger partial charge in [0.25, 0.3) is 0 Å². The molecule has 66 valence electrons. The van der Waals surface area contributed by atoms with E-state index in [2.05, 4.69) is 43.5 Å². The highest BCUT2D eigenvalue weighted by atomic mass is 127. The Labute approximate surface area is 97.0 Å². The largest absolute Gasteiger partial charge is 0.352 e. The fourth-order valence-electron chi connectivity index (χ4n) is 1.21. The number of aromatic amines is 1. The van der Waals surface area contributed by atoms with Crippen LogP contribution in [0.3, 0.4) is 0 Å². The van der Waals surface area contributed by atoms with E-state index in [0.717, 1.165) is 25.2 Å². The van der Waals surface area contributed by atoms with Crippen molar-refractivity contribution in [3.05, 3.63) is 31.9 Å². The molecule has 2 rings (SSSR count). The zero-order valence-electron chi connectivity index (χ0n) is 6.47. The quantitative estimate of drug-likeness (QED) is 0.621. The van der Waals surface area contributed by atoms with Crippen molar-refractivity contribution in [2.45, 2.75) is 0 Å². The predicted octanol–water partition coefficient (Wildman–Crippen LogP) is 3.35. The van der Waals surface area contributed by atoms with Gasteiger partial charge < -0.3 is 4.98 Å². The molecule has 0 saturated carbocycles. The molecular formula is C9H5BrINO. The van der Waals surface area contributed by atoms with Crippen LogP contribution in [0.25, 0.3) is 10.9 Å². The lowest BCUT2D eigenvalue weighted by Gasteiger charge is -1.95. The highest BCUT2D eigenvalue weighted by Crippen LogP contribution is 2.25. The highest BCUT2D eigenvalue weighted by molar-refractivity contribution is 14.1. The molecule has 0 unspecified atom stereocenters. The summed E-state index contributed by atoms with van der Waals surface area (Å²) in [6.45, 7) is 0. The molecule has 0 atom stereocenters. The summed E-state index contributed by atoms with van der Waals surface area (Å²) in [7, 11) is 0. The molecule has 0 spiro atoms. The molecule has 13 heavy (non-hydrogen) atoms. The van der Waals surface area contributed by atoms with Crippen LogP contribution in [0.1, 0.15) is 10.5 Å². The third kappa shape index (κ3) is 1.65. The number of hydrogen-bond acceptors (Lipinski definition) is 1. The van der Waals surface area contributed by atoms with E-state index in [1.54, 1.807) is 0 Å². The number of rotatable bonds is 1. The summed E-state index contributed by atoms with van der Waals surface area (Å²) in [6.07, 6.45) is 0.820. The minimum Gasteiger partial charge on any atom is -0.352 e. The van der Waals surface area contributed by atoms with Gasteiger partial charge in [-0.15, -0.1) is 0 Å². The minimum atomic E-state index is 0.615. The van der Waals surface area contributed by atoms with Crippen LogP contribution in [-0.4, -0.2) is 11.3 Å². The third-order valence-electron chi connectivity index (χ3n) is 1.81. The summed E-state index contributed by atoms with van der Waals surface area (Å²) in [5.74, 6) is 0. The van der Waals surface area contributed by atoms with E-state index in [1.165, 1.54) is 0 Å². The molecular weight excluding hydrogens is 345 g/mol. The lowest BCUT2D eigenvalue weighted by Crippen LogP contribution is -1.76. The molecule has 0 amide bonds. The van der Waals surface area contributed by atoms with Gasteiger partial charge in [0.2, 0.25) is 0 Å². The summed E-state index contributed by atoms with van der Waals surface area (Å²) < 4.78 is 2.18. The van der Waals surface area contributed by atoms with Crippen LogP contribution in [0.5, 0.6) is 0 Å². The van der Waals surface area contributed by atoms with Gasteiger partial charge in [-0.25, -0.2) is 0 Å². The Kier molecular flexibility index (Phi) is 2.42. The van der Waals surface area contributed by atoms with Crippen molar-refractivity contribution in [3.63, 3.8) is 0 Å². The van der Waals surface area contributed by atoms with Crippen molar-refractivity contribution in [1.29, 1.82) is 0 Å². The van der Waals surface area contributed by atoms with Crippen LogP contribution < -0.4 is 0 Å². The van der Waals surface area contributed by atoms with E-state index in [4.69, 9.17) is 0 Å². The fraction of sp³-hybridized carbons (Fsp3) is 0. The van der Waals surface area contributed by atoms with Gasteiger partial charge in [0.05, 0.1) is 5.69 Å². The Balaban J connectivity index is 2.77. The first-order valence-electron chi connectivity index (χ1n) is 3.63. The second-order valence-electron chi connectivity index (χ2n) is 2.70. The van der Waals surface area contributed by atoms with Crippen molar-refractivity contribution < 1.29 is 4.79 Å². The first-order valence-corrected chi connectivity index (χ1v) is 5.51. The summed E-state index contributed by atoms with van der Waals surface area (Å²) >= 11 is 5.68. The molecule has 0 fully saturated rings. The topological polar surface area (TPSA) is 32.9 Å². The lowest BCUT2D eigenvalue weighted by molar-refractivity contribution is 0.112. The van der Waals surface area contributed by atoms with E-state index in [1.807, 2.05) is 18.2 Å². The van der Waals surface area contributed by atoms with Gasteiger partial charge in [-0.3, -0.25) is 4.79 Å². The van der Waals surface area contributed by atoms with Gasteiger partial charge in [-0.2, -0.15) is 0 Å². The Morgan fingerprint density at radius 1 is 1.38 bits per heavy atom. The number of H-pyrrole nitrogens is 1. The van der Waals surface area contributed by atoms with Gasteiger partial charge in [0.15, 0.2) is 6.29 Å². The lowest BCUT2D eigenvalue weighted by atomic mass is 10.2. The molecule has 0 aliphatic carbocycles. The number of carbonyl (C=O) groups is 1. The standard InChI is InChI=1S/C9H5BrINO/c10-7-2-5-1-6(4-13)12-9(5)3-8(7)11/h1-4,12H. The molecule has 1 N–H and O–H groups in total. The van der Waals surface area contributed by atoms with Gasteiger partial charge >= 0.3 is 0 Å². The molecule has 0 saturated heterocycles. The molecule has 0 aliphatic heterocycles. The third-order valence-corrected chi connectivity index (χ3v) is 4.10. The van der Waals surface area contributed by atoms with Crippen LogP contribution in [0, 0.1) is 3.57 Å². The van der Waals surface area contributed by atoms with Crippen molar-refractivity contribution in [2.75, 3.05) is 0 Å². The van der Waals surface area contributed by atoms with Gasteiger partial charge in [0, 0.05) is 18.9 Å². The van der Waals surface area contributed by atoms with Gasteiger partial charge in [0.1, 0.15) is 0 Å². The Hall–Kier alpha value is -0.360. The maximum absolute atomic E-state index is 10.5. The molecule has 1 aromatic heterocycles. The van der Waals surface area contributed by atoms with Gasteiger partial charge in [-0.1, -0.05) is 0 Å². The van der Waals surface area contributed by atoms with Crippen LogP contribution >= 0.6 is 38.5 Å². The SMILES string of the molecule is O=Cc1cc2cc(Br)c(I)cc2[nH]1. The zero-order chi connectivity index (χ0) is 9.42. The fourth-order valence-corrected chi connectivity index (χ4v) is 2.04. The monoisotopic (exact) mass is 349 g/mol. The van der Waals surface area contributed by atoms with Crippen molar-refractivity contribution >= 4 is 55.7 Å². The van der Waals surface area contributed by atoms with Crippen LogP contribution in [0.4, 0.5) is 0 Å². The smallest absolute Gasteiger partial charge is 0.166 e. The molecule has 2 nitrogen and oxygen atoms in total. The van der Waals surface area contributed by atoms with Gasteiger partial charge in [-0.05, 0) is 56.7 Å². The molecule has 0 aliphatic rings. The zero-order valence-corrected chi connectivity index (χ0v) is 10.2. The molecule has 1 heterocycles. The van der Waals surface area contributed by atoms with E-state index in [-0.39, 0.29) is 0 Å². The molecule has 4 heteroatoms. The highest BCUT2D eigenvalue weighted by Gasteiger charge is 2.03. The number of halogens is 2. The predicted molar refractivity (Wildman–Crippen MR) is 64.1 cm³/mol. The normalized spacial score (nSPS) is 10.6. The minimum absolute atomic E-state index is 0.615. The maximum Gasteiger partial charge on any atom is 0.166 e. The summed E-state index contributed by atoms with van der Waals surface area (Å²) in [5, 5.41) is 1.05. The number of benzene rings is 1. The van der Waals surface area contributed by atoms with E-state index >= 15 is 0 Å². The van der Waals surface area contributed by atoms with Crippen molar-refractivity contribution in [2.24, 2.45) is 0 Å². The number of carbonyl (C=O) groups excluding carboxylic acids is 1. The second-order valence-corrected chi connectivity index (χ2v) is 4.71. The van der Waals surface area contributed by atoms with Crippen molar-refractivity contribution in [3.8, 4) is 0 Å². The van der Waals surface area contributed by atoms with Crippen molar-refractivity contribution in [1.82, 2.24) is 4.98 Å². The Morgan fingerprint density at radius 2 is 2.15 bits per heavy atom. The number of nitrogens with one attached hydrogen (secondary N) is 1. The van der Waals surface area contributed by atoms with E-state index < -0.39 is 0 Å². The first-order chi connectivity index (χ1) is 6.20. The van der Waals surface area contributed by atoms with E-state index in [0.29, 0.717) is 5.69 Å². The summed E-state index contributed by atoms with van der Waals surface area (Å²) in [4.78, 5) is 13.5. The second kappa shape index (κ2) is 3.42. The number of aldehydes is 1. The molecule has 0 radical (unpaired) electrons. The molecule has 1 aromatic carbocycles. The summed E-state index contributed by atoms with van der Waals surface area (Å²) in [5.41, 5.74) is 1.61. The number of hydrogen-bond donors (Lipinski definition) is 1. The average molecular weight is 350 g/mol. The number of aromatic nitrogens is 1. The average Bonchev–Trinajstić information content (AvgIpc) is 2.48. The summed E-state index contributed by atoms with van der Waals surface area (Å²) in [6, 6.07) is 5.84. The van der Waals surface area contributed by atoms with Crippen LogP contribution in [0.2, 0.25) is 0 Å².